The minimum absolute atomic E-state index is 0.0340. The van der Waals surface area contributed by atoms with Crippen LogP contribution < -0.4 is 0 Å². The topological polar surface area (TPSA) is 140 Å². The Hall–Kier alpha value is -2.29. The molecule has 0 heterocycles. The van der Waals surface area contributed by atoms with Crippen molar-refractivity contribution in [2.24, 2.45) is 5.92 Å². The highest BCUT2D eigenvalue weighted by Gasteiger charge is 2.23. The van der Waals surface area contributed by atoms with Gasteiger partial charge in [0.2, 0.25) is 0 Å². The van der Waals surface area contributed by atoms with E-state index < -0.39 is 38.6 Å². The Morgan fingerprint density at radius 1 is 0.717 bits per heavy atom. The second-order valence-electron chi connectivity index (χ2n) is 11.6. The lowest BCUT2D eigenvalue weighted by molar-refractivity contribution is -0.161. The summed E-state index contributed by atoms with van der Waals surface area (Å²) in [5.41, 5.74) is 0. The van der Waals surface area contributed by atoms with E-state index in [1.54, 1.807) is 12.2 Å². The fourth-order valence-corrected chi connectivity index (χ4v) is 4.62. The second-order valence-corrected chi connectivity index (χ2v) is 12.8. The average molecular weight is 669 g/mol. The van der Waals surface area contributed by atoms with Crippen LogP contribution in [0.25, 0.3) is 0 Å². The molecule has 0 radical (unpaired) electrons. The Morgan fingerprint density at radius 3 is 1.93 bits per heavy atom. The zero-order chi connectivity index (χ0) is 34.3. The number of esters is 2. The van der Waals surface area contributed by atoms with E-state index >= 15 is 0 Å². The van der Waals surface area contributed by atoms with Crippen LogP contribution in [0.2, 0.25) is 0 Å². The van der Waals surface area contributed by atoms with Crippen molar-refractivity contribution in [2.75, 3.05) is 13.2 Å². The molecule has 0 aromatic heterocycles. The molecule has 0 saturated carbocycles. The van der Waals surface area contributed by atoms with Crippen LogP contribution in [0.3, 0.4) is 0 Å². The van der Waals surface area contributed by atoms with Gasteiger partial charge in [-0.25, -0.2) is 4.57 Å². The average Bonchev–Trinajstić information content (AvgIpc) is 3.01. The quantitative estimate of drug-likeness (QED) is 0.0235. The maximum Gasteiger partial charge on any atom is 0.469 e. The van der Waals surface area contributed by atoms with Gasteiger partial charge in [-0.1, -0.05) is 126 Å². The van der Waals surface area contributed by atoms with Crippen molar-refractivity contribution in [3.63, 3.8) is 0 Å². The first-order valence-corrected chi connectivity index (χ1v) is 18.6. The van der Waals surface area contributed by atoms with E-state index in [4.69, 9.17) is 19.3 Å². The van der Waals surface area contributed by atoms with E-state index in [9.17, 15) is 19.3 Å². The Bertz CT molecular complexity index is 965. The van der Waals surface area contributed by atoms with Crippen LogP contribution in [0.15, 0.2) is 60.8 Å². The van der Waals surface area contributed by atoms with Crippen molar-refractivity contribution in [2.45, 2.75) is 136 Å². The molecule has 3 atom stereocenters. The normalized spacial score (nSPS) is 14.7. The molecule has 2 unspecified atom stereocenters. The number of hydrogen-bond donors (Lipinski definition) is 3. The highest BCUT2D eigenvalue weighted by molar-refractivity contribution is 7.46. The minimum Gasteiger partial charge on any atom is -0.462 e. The molecule has 0 saturated heterocycles. The largest absolute Gasteiger partial charge is 0.469 e. The molecule has 0 aromatic rings. The third-order valence-corrected chi connectivity index (χ3v) is 7.68. The summed E-state index contributed by atoms with van der Waals surface area (Å²) in [5.74, 6) is -0.338. The number of carbonyl (C=O) groups excluding carboxylic acids is 2. The summed E-state index contributed by atoms with van der Waals surface area (Å²) in [6.07, 6.45) is 31.4. The highest BCUT2D eigenvalue weighted by atomic mass is 31.2. The molecular formula is C36H61O9P. The van der Waals surface area contributed by atoms with E-state index in [0.717, 1.165) is 50.9 Å². The zero-order valence-electron chi connectivity index (χ0n) is 28.5. The summed E-state index contributed by atoms with van der Waals surface area (Å²) in [7, 11) is -4.79. The summed E-state index contributed by atoms with van der Waals surface area (Å²) in [5, 5.41) is 10.1. The number of unbranched alkanes of at least 4 members (excludes halogenated alkanes) is 5. The molecule has 0 spiro atoms. The molecule has 10 heteroatoms. The van der Waals surface area contributed by atoms with Gasteiger partial charge < -0.3 is 24.4 Å². The Morgan fingerprint density at radius 2 is 1.30 bits per heavy atom. The summed E-state index contributed by atoms with van der Waals surface area (Å²) >= 11 is 0. The first-order valence-electron chi connectivity index (χ1n) is 17.1. The van der Waals surface area contributed by atoms with Crippen molar-refractivity contribution in [3.8, 4) is 0 Å². The van der Waals surface area contributed by atoms with Gasteiger partial charge in [-0.15, -0.1) is 0 Å². The number of rotatable bonds is 29. The number of phosphoric acid groups is 1. The number of aliphatic hydroxyl groups excluding tert-OH is 1. The summed E-state index contributed by atoms with van der Waals surface area (Å²) in [6.45, 7) is 5.62. The van der Waals surface area contributed by atoms with Gasteiger partial charge >= 0.3 is 19.8 Å². The smallest absolute Gasteiger partial charge is 0.462 e. The minimum atomic E-state index is -4.79. The van der Waals surface area contributed by atoms with Gasteiger partial charge in [0.1, 0.15) is 6.61 Å². The fourth-order valence-electron chi connectivity index (χ4n) is 4.26. The Labute approximate surface area is 278 Å². The van der Waals surface area contributed by atoms with Crippen molar-refractivity contribution in [3.05, 3.63) is 60.8 Å². The van der Waals surface area contributed by atoms with E-state index in [2.05, 4.69) is 61.8 Å². The fraction of sp³-hybridized carbons (Fsp3) is 0.667. The highest BCUT2D eigenvalue weighted by Crippen LogP contribution is 2.36. The summed E-state index contributed by atoms with van der Waals surface area (Å²) in [4.78, 5) is 42.5. The molecule has 0 bridgehead atoms. The Balaban J connectivity index is 4.26. The van der Waals surface area contributed by atoms with Gasteiger partial charge in [-0.2, -0.15) is 0 Å². The predicted molar refractivity (Wildman–Crippen MR) is 185 cm³/mol. The van der Waals surface area contributed by atoms with Gasteiger partial charge in [0.05, 0.1) is 12.7 Å². The predicted octanol–water partition coefficient (Wildman–Crippen LogP) is 8.61. The molecule has 0 rings (SSSR count). The number of phosphoric ester groups is 1. The molecular weight excluding hydrogens is 607 g/mol. The standard InChI is InChI=1S/C36H61O9P/c1-4-6-7-8-9-10-11-12-13-14-15-19-22-26-33(37)27-24-29-35(38)43-30-34(31-44-46(40,41)42)45-36(39)28-23-20-17-16-18-21-25-32(3)5-2/h6-7,9-10,12-13,15,19,22,26,32-34,37H,4-5,8,11,14,16-18,20-21,23-25,27-31H2,1-3H3,(H2,40,41,42)/b7-6-,10-9-,13-12-,19-15-,26-22+/t32?,33?,34-/m1/s1. The van der Waals surface area contributed by atoms with Crippen LogP contribution in [0.5, 0.6) is 0 Å². The van der Waals surface area contributed by atoms with Gasteiger partial charge in [-0.05, 0) is 50.9 Å². The molecule has 0 aromatic carbocycles. The number of aliphatic hydroxyl groups is 1. The van der Waals surface area contributed by atoms with Gasteiger partial charge in [0.25, 0.3) is 0 Å². The maximum absolute atomic E-state index is 12.3. The molecule has 0 fully saturated rings. The van der Waals surface area contributed by atoms with Crippen LogP contribution in [-0.4, -0.2) is 52.3 Å². The van der Waals surface area contributed by atoms with Crippen LogP contribution >= 0.6 is 7.82 Å². The number of carbonyl (C=O) groups is 2. The third-order valence-electron chi connectivity index (χ3n) is 7.20. The van der Waals surface area contributed by atoms with E-state index in [-0.39, 0.29) is 19.4 Å². The molecule has 264 valence electrons. The molecule has 0 amide bonds. The molecule has 0 aliphatic carbocycles. The molecule has 0 aliphatic rings. The lowest BCUT2D eigenvalue weighted by atomic mass is 10.00. The molecule has 0 aliphatic heterocycles. The lowest BCUT2D eigenvalue weighted by Gasteiger charge is -2.18. The number of ether oxygens (including phenoxy) is 2. The van der Waals surface area contributed by atoms with Crippen LogP contribution in [0, 0.1) is 5.92 Å². The van der Waals surface area contributed by atoms with Crippen molar-refractivity contribution >= 4 is 19.8 Å². The number of hydrogen-bond acceptors (Lipinski definition) is 7. The molecule has 9 nitrogen and oxygen atoms in total. The summed E-state index contributed by atoms with van der Waals surface area (Å²) in [6, 6.07) is 0. The monoisotopic (exact) mass is 668 g/mol. The SMILES string of the molecule is CC/C=C\C/C=C\C/C=C\C/C=C\C=C\C(O)CCCC(=O)OC[C@H](COP(=O)(O)O)OC(=O)CCCCCCCCC(C)CC. The van der Waals surface area contributed by atoms with Crippen LogP contribution in [0.4, 0.5) is 0 Å². The van der Waals surface area contributed by atoms with Gasteiger partial charge in [-0.3, -0.25) is 14.1 Å². The van der Waals surface area contributed by atoms with E-state index in [1.807, 2.05) is 12.2 Å². The van der Waals surface area contributed by atoms with E-state index in [1.165, 1.54) is 25.7 Å². The summed E-state index contributed by atoms with van der Waals surface area (Å²) < 4.78 is 26.1. The second kappa shape index (κ2) is 30.1. The first-order chi connectivity index (χ1) is 22.1. The number of allylic oxidation sites excluding steroid dienone is 9. The maximum atomic E-state index is 12.3. The third kappa shape index (κ3) is 31.7. The van der Waals surface area contributed by atoms with Crippen molar-refractivity contribution < 1.29 is 43.0 Å². The zero-order valence-corrected chi connectivity index (χ0v) is 29.4. The van der Waals surface area contributed by atoms with E-state index in [0.29, 0.717) is 19.3 Å². The lowest BCUT2D eigenvalue weighted by Crippen LogP contribution is -2.29. The van der Waals surface area contributed by atoms with Crippen molar-refractivity contribution in [1.82, 2.24) is 0 Å². The van der Waals surface area contributed by atoms with Crippen molar-refractivity contribution in [1.29, 1.82) is 0 Å². The Kier molecular flexibility index (Phi) is 28.6. The van der Waals surface area contributed by atoms with Crippen LogP contribution in [-0.2, 0) is 28.2 Å². The first kappa shape index (κ1) is 43.7. The van der Waals surface area contributed by atoms with Crippen LogP contribution in [0.1, 0.15) is 124 Å². The molecule has 46 heavy (non-hydrogen) atoms. The molecule has 3 N–H and O–H groups in total. The van der Waals surface area contributed by atoms with Gasteiger partial charge in [0, 0.05) is 12.8 Å². The van der Waals surface area contributed by atoms with Gasteiger partial charge in [0.15, 0.2) is 6.10 Å².